The largest absolute Gasteiger partial charge is 0.480 e. The summed E-state index contributed by atoms with van der Waals surface area (Å²) in [7, 11) is 0. The van der Waals surface area contributed by atoms with E-state index in [0.29, 0.717) is 12.5 Å². The number of aromatic nitrogens is 1. The number of hydrogen-bond acceptors (Lipinski definition) is 4. The first-order chi connectivity index (χ1) is 6.77. The summed E-state index contributed by atoms with van der Waals surface area (Å²) in [5.74, 6) is -0.422. The summed E-state index contributed by atoms with van der Waals surface area (Å²) >= 11 is 1.53. The van der Waals surface area contributed by atoms with Crippen molar-refractivity contribution in [2.75, 3.05) is 0 Å². The van der Waals surface area contributed by atoms with Crippen LogP contribution in [0.25, 0.3) is 0 Å². The van der Waals surface area contributed by atoms with Gasteiger partial charge >= 0.3 is 5.97 Å². The number of nitrogens with one attached hydrogen (secondary N) is 1. The van der Waals surface area contributed by atoms with Gasteiger partial charge < -0.3 is 5.11 Å². The van der Waals surface area contributed by atoms with Crippen molar-refractivity contribution in [2.45, 2.75) is 25.4 Å². The lowest BCUT2D eigenvalue weighted by Gasteiger charge is -2.11. The van der Waals surface area contributed by atoms with E-state index < -0.39 is 12.0 Å². The Kier molecular flexibility index (Phi) is 2.79. The van der Waals surface area contributed by atoms with E-state index in [1.807, 2.05) is 5.38 Å². The monoisotopic (exact) mass is 212 g/mol. The van der Waals surface area contributed by atoms with Crippen LogP contribution in [0, 0.1) is 5.92 Å². The van der Waals surface area contributed by atoms with Crippen LogP contribution in [0.3, 0.4) is 0 Å². The summed E-state index contributed by atoms with van der Waals surface area (Å²) in [6.07, 6.45) is 2.06. The molecule has 2 N–H and O–H groups in total. The van der Waals surface area contributed by atoms with Crippen LogP contribution in [0.2, 0.25) is 0 Å². The van der Waals surface area contributed by atoms with Gasteiger partial charge in [-0.25, -0.2) is 4.98 Å². The quantitative estimate of drug-likeness (QED) is 0.767. The molecule has 2 rings (SSSR count). The molecule has 76 valence electrons. The molecule has 0 spiro atoms. The molecule has 1 atom stereocenters. The third-order valence-corrected chi connectivity index (χ3v) is 2.98. The normalized spacial score (nSPS) is 18.0. The predicted octanol–water partition coefficient (Wildman–Crippen LogP) is 1.10. The highest BCUT2D eigenvalue weighted by molar-refractivity contribution is 7.07. The average Bonchev–Trinajstić information content (AvgIpc) is 2.82. The van der Waals surface area contributed by atoms with Crippen molar-refractivity contribution < 1.29 is 9.90 Å². The molecular formula is C9H12N2O2S. The number of carboxylic acid groups (broad SMARTS) is 1. The van der Waals surface area contributed by atoms with Gasteiger partial charge in [0.1, 0.15) is 6.04 Å². The summed E-state index contributed by atoms with van der Waals surface area (Å²) in [4.78, 5) is 15.0. The highest BCUT2D eigenvalue weighted by atomic mass is 32.1. The fourth-order valence-corrected chi connectivity index (χ4v) is 1.98. The van der Waals surface area contributed by atoms with Crippen LogP contribution in [0.15, 0.2) is 10.9 Å². The van der Waals surface area contributed by atoms with Gasteiger partial charge in [0.2, 0.25) is 0 Å². The lowest BCUT2D eigenvalue weighted by Crippen LogP contribution is -2.38. The first-order valence-electron chi connectivity index (χ1n) is 4.60. The topological polar surface area (TPSA) is 62.2 Å². The molecular weight excluding hydrogens is 200 g/mol. The number of nitrogens with zero attached hydrogens (tertiary/aromatic N) is 1. The molecule has 0 aromatic carbocycles. The smallest absolute Gasteiger partial charge is 0.320 e. The van der Waals surface area contributed by atoms with Crippen molar-refractivity contribution in [3.8, 4) is 0 Å². The summed E-state index contributed by atoms with van der Waals surface area (Å²) in [6.45, 7) is 0.553. The second-order valence-corrected chi connectivity index (χ2v) is 4.23. The molecule has 5 heteroatoms. The molecule has 0 bridgehead atoms. The highest BCUT2D eigenvalue weighted by Crippen LogP contribution is 2.32. The molecule has 1 aromatic heterocycles. The van der Waals surface area contributed by atoms with Crippen molar-refractivity contribution in [1.29, 1.82) is 0 Å². The van der Waals surface area contributed by atoms with E-state index in [1.54, 1.807) is 5.51 Å². The zero-order chi connectivity index (χ0) is 9.97. The number of carboxylic acids is 1. The summed E-state index contributed by atoms with van der Waals surface area (Å²) in [5, 5.41) is 13.9. The third kappa shape index (κ3) is 2.30. The zero-order valence-corrected chi connectivity index (χ0v) is 8.46. The fourth-order valence-electron chi connectivity index (χ4n) is 1.42. The summed E-state index contributed by atoms with van der Waals surface area (Å²) in [6, 6.07) is -0.392. The molecule has 1 fully saturated rings. The fraction of sp³-hybridized carbons (Fsp3) is 0.556. The van der Waals surface area contributed by atoms with E-state index in [4.69, 9.17) is 5.11 Å². The van der Waals surface area contributed by atoms with Crippen LogP contribution in [-0.2, 0) is 11.3 Å². The molecule has 0 radical (unpaired) electrons. The van der Waals surface area contributed by atoms with Gasteiger partial charge in [0.25, 0.3) is 0 Å². The van der Waals surface area contributed by atoms with E-state index in [9.17, 15) is 4.79 Å². The van der Waals surface area contributed by atoms with Crippen LogP contribution >= 0.6 is 11.3 Å². The Morgan fingerprint density at radius 2 is 2.57 bits per heavy atom. The number of carbonyl (C=O) groups is 1. The van der Waals surface area contributed by atoms with Gasteiger partial charge in [0, 0.05) is 11.9 Å². The Balaban J connectivity index is 1.85. The average molecular weight is 212 g/mol. The molecule has 0 saturated heterocycles. The van der Waals surface area contributed by atoms with Crippen LogP contribution in [-0.4, -0.2) is 22.1 Å². The van der Waals surface area contributed by atoms with Crippen molar-refractivity contribution >= 4 is 17.3 Å². The van der Waals surface area contributed by atoms with Crippen LogP contribution in [0.1, 0.15) is 18.5 Å². The van der Waals surface area contributed by atoms with Gasteiger partial charge in [-0.1, -0.05) is 0 Å². The Morgan fingerprint density at radius 3 is 3.07 bits per heavy atom. The zero-order valence-electron chi connectivity index (χ0n) is 7.64. The van der Waals surface area contributed by atoms with E-state index >= 15 is 0 Å². The van der Waals surface area contributed by atoms with Gasteiger partial charge in [0.05, 0.1) is 11.2 Å². The molecule has 1 aromatic rings. The maximum Gasteiger partial charge on any atom is 0.320 e. The Bertz CT molecular complexity index is 309. The van der Waals surface area contributed by atoms with Crippen molar-refractivity contribution in [2.24, 2.45) is 5.92 Å². The molecule has 0 aliphatic heterocycles. The Labute approximate surface area is 86.0 Å². The minimum absolute atomic E-state index is 0.325. The number of aliphatic carboxylic acids is 1. The second kappa shape index (κ2) is 4.06. The minimum Gasteiger partial charge on any atom is -0.480 e. The lowest BCUT2D eigenvalue weighted by molar-refractivity contribution is -0.140. The van der Waals surface area contributed by atoms with Gasteiger partial charge in [-0.05, 0) is 18.8 Å². The molecule has 1 heterocycles. The standard InChI is InChI=1S/C9H12N2O2S/c12-9(13)8(6-1-2-6)10-3-7-4-14-5-11-7/h4-6,8,10H,1-3H2,(H,12,13). The maximum atomic E-state index is 10.9. The Morgan fingerprint density at radius 1 is 1.79 bits per heavy atom. The summed E-state index contributed by atoms with van der Waals surface area (Å²) < 4.78 is 0. The van der Waals surface area contributed by atoms with Crippen LogP contribution in [0.4, 0.5) is 0 Å². The van der Waals surface area contributed by atoms with Crippen LogP contribution < -0.4 is 5.32 Å². The van der Waals surface area contributed by atoms with E-state index in [-0.39, 0.29) is 0 Å². The van der Waals surface area contributed by atoms with Crippen molar-refractivity contribution in [3.05, 3.63) is 16.6 Å². The van der Waals surface area contributed by atoms with E-state index in [0.717, 1.165) is 18.5 Å². The van der Waals surface area contributed by atoms with Gasteiger partial charge in [-0.3, -0.25) is 10.1 Å². The molecule has 1 aliphatic rings. The first-order valence-corrected chi connectivity index (χ1v) is 5.55. The number of hydrogen-bond donors (Lipinski definition) is 2. The van der Waals surface area contributed by atoms with Crippen LogP contribution in [0.5, 0.6) is 0 Å². The lowest BCUT2D eigenvalue weighted by atomic mass is 10.2. The molecule has 0 amide bonds. The second-order valence-electron chi connectivity index (χ2n) is 3.51. The highest BCUT2D eigenvalue weighted by Gasteiger charge is 2.35. The first kappa shape index (κ1) is 9.61. The molecule has 1 aliphatic carbocycles. The minimum atomic E-state index is -0.747. The maximum absolute atomic E-state index is 10.9. The molecule has 14 heavy (non-hydrogen) atoms. The SMILES string of the molecule is O=C(O)C(NCc1cscn1)C1CC1. The van der Waals surface area contributed by atoms with E-state index in [1.165, 1.54) is 11.3 Å². The van der Waals surface area contributed by atoms with Gasteiger partial charge in [-0.15, -0.1) is 11.3 Å². The molecule has 4 nitrogen and oxygen atoms in total. The molecule has 1 unspecified atom stereocenters. The molecule has 1 saturated carbocycles. The van der Waals surface area contributed by atoms with Crippen molar-refractivity contribution in [3.63, 3.8) is 0 Å². The van der Waals surface area contributed by atoms with Crippen molar-refractivity contribution in [1.82, 2.24) is 10.3 Å². The van der Waals surface area contributed by atoms with E-state index in [2.05, 4.69) is 10.3 Å². The van der Waals surface area contributed by atoms with Gasteiger partial charge in [0.15, 0.2) is 0 Å². The third-order valence-electron chi connectivity index (χ3n) is 2.35. The predicted molar refractivity (Wildman–Crippen MR) is 53.1 cm³/mol. The van der Waals surface area contributed by atoms with Gasteiger partial charge in [-0.2, -0.15) is 0 Å². The summed E-state index contributed by atoms with van der Waals surface area (Å²) in [5.41, 5.74) is 2.67. The number of rotatable bonds is 5. The Hall–Kier alpha value is -0.940. The number of thiazole rings is 1.